The fraction of sp³-hybridized carbons (Fsp3) is 0.467. The van der Waals surface area contributed by atoms with E-state index in [1.54, 1.807) is 20.8 Å². The number of amides is 1. The van der Waals surface area contributed by atoms with Gasteiger partial charge in [0.1, 0.15) is 29.8 Å². The van der Waals surface area contributed by atoms with E-state index in [0.29, 0.717) is 18.5 Å². The molecule has 21 heavy (non-hydrogen) atoms. The number of para-hydroxylation sites is 1. The van der Waals surface area contributed by atoms with Gasteiger partial charge in [-0.1, -0.05) is 12.1 Å². The van der Waals surface area contributed by atoms with Gasteiger partial charge in [0.05, 0.1) is 4.47 Å². The molecule has 5 nitrogen and oxygen atoms in total. The molecule has 0 aromatic heterocycles. The van der Waals surface area contributed by atoms with Crippen LogP contribution in [0.3, 0.4) is 0 Å². The predicted octanol–water partition coefficient (Wildman–Crippen LogP) is 2.85. The molecule has 1 amide bonds. The lowest BCUT2D eigenvalue weighted by Gasteiger charge is -2.35. The molecule has 1 N–H and O–H groups in total. The Kier molecular flexibility index (Phi) is 4.27. The Bertz CT molecular complexity index is 567. The Hall–Kier alpha value is -1.56. The molecule has 1 unspecified atom stereocenters. The lowest BCUT2D eigenvalue weighted by atomic mass is 9.90. The van der Waals surface area contributed by atoms with Gasteiger partial charge < -0.3 is 19.6 Å². The minimum absolute atomic E-state index is 0.0748. The molecule has 1 heterocycles. The number of halogens is 1. The molecular formula is C15H18BrNO4. The highest BCUT2D eigenvalue weighted by Crippen LogP contribution is 2.35. The second kappa shape index (κ2) is 5.67. The first-order chi connectivity index (χ1) is 9.75. The number of rotatable bonds is 2. The van der Waals surface area contributed by atoms with Gasteiger partial charge in [-0.15, -0.1) is 0 Å². The minimum atomic E-state index is -1.10. The van der Waals surface area contributed by atoms with Crippen LogP contribution in [-0.2, 0) is 16.0 Å². The van der Waals surface area contributed by atoms with Gasteiger partial charge in [-0.3, -0.25) is 0 Å². The molecule has 0 saturated heterocycles. The number of aldehydes is 1. The summed E-state index contributed by atoms with van der Waals surface area (Å²) in [4.78, 5) is 23.4. The zero-order chi connectivity index (χ0) is 15.7. The van der Waals surface area contributed by atoms with E-state index in [0.717, 1.165) is 10.0 Å². The summed E-state index contributed by atoms with van der Waals surface area (Å²) in [7, 11) is 0. The standard InChI is InChI=1S/C15H18BrNO4/c1-14(2,3)21-13(19)17-15(8-18)7-10-5-4-6-11(16)12(10)20-9-15/h4-6,8H,7,9H2,1-3H3,(H,17,19). The number of nitrogens with one attached hydrogen (secondary N) is 1. The molecular weight excluding hydrogens is 338 g/mol. The Labute approximate surface area is 132 Å². The van der Waals surface area contributed by atoms with Crippen molar-refractivity contribution in [1.29, 1.82) is 0 Å². The summed E-state index contributed by atoms with van der Waals surface area (Å²) in [5.74, 6) is 0.709. The van der Waals surface area contributed by atoms with Crippen molar-refractivity contribution in [3.8, 4) is 5.75 Å². The number of carbonyl (C=O) groups is 2. The highest BCUT2D eigenvalue weighted by atomic mass is 79.9. The van der Waals surface area contributed by atoms with Crippen LogP contribution in [0.5, 0.6) is 5.75 Å². The molecule has 0 aliphatic carbocycles. The Morgan fingerprint density at radius 1 is 1.48 bits per heavy atom. The second-order valence-corrected chi connectivity index (χ2v) is 6.95. The number of hydrogen-bond donors (Lipinski definition) is 1. The van der Waals surface area contributed by atoms with Crippen LogP contribution in [0.1, 0.15) is 26.3 Å². The number of carbonyl (C=O) groups excluding carboxylic acids is 2. The molecule has 0 spiro atoms. The molecule has 2 rings (SSSR count). The van der Waals surface area contributed by atoms with Crippen LogP contribution in [0, 0.1) is 0 Å². The van der Waals surface area contributed by atoms with E-state index in [4.69, 9.17) is 9.47 Å². The summed E-state index contributed by atoms with van der Waals surface area (Å²) in [6.45, 7) is 5.38. The van der Waals surface area contributed by atoms with Crippen LogP contribution < -0.4 is 10.1 Å². The highest BCUT2D eigenvalue weighted by molar-refractivity contribution is 9.10. The number of hydrogen-bond acceptors (Lipinski definition) is 4. The molecule has 1 aliphatic rings. The molecule has 0 bridgehead atoms. The highest BCUT2D eigenvalue weighted by Gasteiger charge is 2.39. The van der Waals surface area contributed by atoms with Crippen molar-refractivity contribution in [1.82, 2.24) is 5.32 Å². The number of ether oxygens (including phenoxy) is 2. The van der Waals surface area contributed by atoms with Gasteiger partial charge in [0.15, 0.2) is 0 Å². The van der Waals surface area contributed by atoms with Gasteiger partial charge in [-0.05, 0) is 48.3 Å². The third-order valence-electron chi connectivity index (χ3n) is 3.00. The maximum atomic E-state index is 11.9. The van der Waals surface area contributed by atoms with Crippen molar-refractivity contribution in [2.24, 2.45) is 0 Å². The maximum Gasteiger partial charge on any atom is 0.408 e. The van der Waals surface area contributed by atoms with E-state index in [1.165, 1.54) is 0 Å². The second-order valence-electron chi connectivity index (χ2n) is 6.09. The van der Waals surface area contributed by atoms with Gasteiger partial charge in [0, 0.05) is 6.42 Å². The van der Waals surface area contributed by atoms with Crippen molar-refractivity contribution in [2.45, 2.75) is 38.3 Å². The van der Waals surface area contributed by atoms with Crippen molar-refractivity contribution >= 4 is 28.3 Å². The van der Waals surface area contributed by atoms with E-state index >= 15 is 0 Å². The average molecular weight is 356 g/mol. The van der Waals surface area contributed by atoms with Crippen molar-refractivity contribution in [2.75, 3.05) is 6.61 Å². The van der Waals surface area contributed by atoms with E-state index in [2.05, 4.69) is 21.2 Å². The first-order valence-corrected chi connectivity index (χ1v) is 7.42. The average Bonchev–Trinajstić information content (AvgIpc) is 2.36. The Balaban J connectivity index is 2.17. The van der Waals surface area contributed by atoms with Crippen molar-refractivity contribution in [3.63, 3.8) is 0 Å². The molecule has 1 aromatic carbocycles. The molecule has 0 fully saturated rings. The largest absolute Gasteiger partial charge is 0.489 e. The van der Waals surface area contributed by atoms with Gasteiger partial charge in [-0.25, -0.2) is 4.79 Å². The van der Waals surface area contributed by atoms with E-state index < -0.39 is 17.2 Å². The van der Waals surface area contributed by atoms with Crippen LogP contribution in [0.15, 0.2) is 22.7 Å². The maximum absolute atomic E-state index is 11.9. The lowest BCUT2D eigenvalue weighted by Crippen LogP contribution is -2.58. The van der Waals surface area contributed by atoms with Crippen LogP contribution in [0.2, 0.25) is 0 Å². The smallest absolute Gasteiger partial charge is 0.408 e. The summed E-state index contributed by atoms with van der Waals surface area (Å²) in [6.07, 6.45) is 0.447. The van der Waals surface area contributed by atoms with Gasteiger partial charge in [0.25, 0.3) is 0 Å². The zero-order valence-electron chi connectivity index (χ0n) is 12.2. The van der Waals surface area contributed by atoms with Crippen LogP contribution >= 0.6 is 15.9 Å². The minimum Gasteiger partial charge on any atom is -0.489 e. The molecule has 0 radical (unpaired) electrons. The van der Waals surface area contributed by atoms with Crippen LogP contribution in [-0.4, -0.2) is 30.1 Å². The third kappa shape index (κ3) is 3.75. The van der Waals surface area contributed by atoms with Crippen LogP contribution in [0.25, 0.3) is 0 Å². The first kappa shape index (κ1) is 15.8. The number of benzene rings is 1. The van der Waals surface area contributed by atoms with E-state index in [9.17, 15) is 9.59 Å². The molecule has 0 saturated carbocycles. The number of fused-ring (bicyclic) bond motifs is 1. The molecule has 1 aliphatic heterocycles. The van der Waals surface area contributed by atoms with E-state index in [1.807, 2.05) is 18.2 Å². The van der Waals surface area contributed by atoms with Gasteiger partial charge >= 0.3 is 6.09 Å². The summed E-state index contributed by atoms with van der Waals surface area (Å²) >= 11 is 3.41. The normalized spacial score (nSPS) is 21.0. The summed E-state index contributed by atoms with van der Waals surface area (Å²) in [6, 6.07) is 5.60. The predicted molar refractivity (Wildman–Crippen MR) is 81.5 cm³/mol. The Morgan fingerprint density at radius 2 is 2.19 bits per heavy atom. The SMILES string of the molecule is CC(C)(C)OC(=O)NC1(C=O)COc2c(Br)cccc2C1. The fourth-order valence-corrected chi connectivity index (χ4v) is 2.66. The van der Waals surface area contributed by atoms with Gasteiger partial charge in [-0.2, -0.15) is 0 Å². The first-order valence-electron chi connectivity index (χ1n) is 6.62. The van der Waals surface area contributed by atoms with Gasteiger partial charge in [0.2, 0.25) is 0 Å². The molecule has 6 heteroatoms. The molecule has 1 aromatic rings. The topological polar surface area (TPSA) is 64.6 Å². The zero-order valence-corrected chi connectivity index (χ0v) is 13.8. The fourth-order valence-electron chi connectivity index (χ4n) is 2.14. The number of alkyl carbamates (subject to hydrolysis) is 1. The quantitative estimate of drug-likeness (QED) is 0.828. The van der Waals surface area contributed by atoms with Crippen molar-refractivity contribution in [3.05, 3.63) is 28.2 Å². The lowest BCUT2D eigenvalue weighted by molar-refractivity contribution is -0.115. The van der Waals surface area contributed by atoms with Crippen molar-refractivity contribution < 1.29 is 19.1 Å². The third-order valence-corrected chi connectivity index (χ3v) is 3.63. The van der Waals surface area contributed by atoms with Crippen LogP contribution in [0.4, 0.5) is 4.79 Å². The Morgan fingerprint density at radius 3 is 2.81 bits per heavy atom. The molecule has 1 atom stereocenters. The monoisotopic (exact) mass is 355 g/mol. The van der Waals surface area contributed by atoms with E-state index in [-0.39, 0.29) is 6.61 Å². The summed E-state index contributed by atoms with van der Waals surface area (Å²) in [5, 5.41) is 2.63. The summed E-state index contributed by atoms with van der Waals surface area (Å²) in [5.41, 5.74) is -0.861. The summed E-state index contributed by atoms with van der Waals surface area (Å²) < 4.78 is 11.7. The molecule has 114 valence electrons.